The lowest BCUT2D eigenvalue weighted by molar-refractivity contribution is -0.385. The van der Waals surface area contributed by atoms with Crippen molar-refractivity contribution in [3.8, 4) is 0 Å². The smallest absolute Gasteiger partial charge is 0.285 e. The third kappa shape index (κ3) is 3.43. The van der Waals surface area contributed by atoms with E-state index in [9.17, 15) is 19.3 Å². The molecule has 0 bridgehead atoms. The van der Waals surface area contributed by atoms with Crippen molar-refractivity contribution in [2.75, 3.05) is 26.0 Å². The molecule has 0 aromatic heterocycles. The highest BCUT2D eigenvalue weighted by Gasteiger charge is 2.25. The number of hydrogen-bond donors (Lipinski definition) is 1. The highest BCUT2D eigenvalue weighted by atomic mass is 19.1. The van der Waals surface area contributed by atoms with Gasteiger partial charge in [0.15, 0.2) is 5.82 Å². The second-order valence-corrected chi connectivity index (χ2v) is 4.94. The van der Waals surface area contributed by atoms with Crippen LogP contribution in [0.25, 0.3) is 0 Å². The van der Waals surface area contributed by atoms with E-state index in [2.05, 4.69) is 5.32 Å². The van der Waals surface area contributed by atoms with Crippen LogP contribution in [0.2, 0.25) is 0 Å². The van der Waals surface area contributed by atoms with Crippen LogP contribution in [0.1, 0.15) is 24.2 Å². The molecule has 7 heteroatoms. The highest BCUT2D eigenvalue weighted by Crippen LogP contribution is 2.27. The lowest BCUT2D eigenvalue weighted by Crippen LogP contribution is -2.30. The lowest BCUT2D eigenvalue weighted by Gasteiger charge is -2.19. The first kappa shape index (κ1) is 15.9. The van der Waals surface area contributed by atoms with Crippen LogP contribution >= 0.6 is 0 Å². The summed E-state index contributed by atoms with van der Waals surface area (Å²) in [5.41, 5.74) is -0.595. The van der Waals surface area contributed by atoms with Gasteiger partial charge in [-0.05, 0) is 12.0 Å². The maximum absolute atomic E-state index is 13.6. The highest BCUT2D eigenvalue weighted by molar-refractivity contribution is 5.99. The minimum atomic E-state index is -0.762. The van der Waals surface area contributed by atoms with Gasteiger partial charge in [-0.3, -0.25) is 14.9 Å². The molecule has 0 atom stereocenters. The van der Waals surface area contributed by atoms with E-state index in [1.54, 1.807) is 7.05 Å². The van der Waals surface area contributed by atoms with Crippen LogP contribution in [0.4, 0.5) is 15.8 Å². The number of nitrogens with one attached hydrogen (secondary N) is 1. The third-order valence-electron chi connectivity index (χ3n) is 2.77. The second-order valence-electron chi connectivity index (χ2n) is 4.94. The number of nitrogens with zero attached hydrogens (tertiary/aromatic N) is 2. The number of anilines is 1. The summed E-state index contributed by atoms with van der Waals surface area (Å²) in [4.78, 5) is 23.9. The van der Waals surface area contributed by atoms with E-state index in [0.717, 1.165) is 6.07 Å². The zero-order valence-electron chi connectivity index (χ0n) is 11.9. The zero-order chi connectivity index (χ0) is 15.4. The number of rotatable bonds is 5. The van der Waals surface area contributed by atoms with Crippen molar-refractivity contribution < 1.29 is 14.1 Å². The molecule has 1 rings (SSSR count). The molecule has 0 heterocycles. The van der Waals surface area contributed by atoms with E-state index in [1.165, 1.54) is 18.0 Å². The Balaban J connectivity index is 3.27. The number of halogens is 1. The van der Waals surface area contributed by atoms with Crippen LogP contribution in [0.3, 0.4) is 0 Å². The minimum absolute atomic E-state index is 0.0527. The standard InChI is InChI=1S/C13H18FN3O3/c1-8(2)7-16(4)13(18)9-5-11(15-3)10(14)6-12(9)17(19)20/h5-6,8,15H,7H2,1-4H3. The lowest BCUT2D eigenvalue weighted by atomic mass is 10.1. The van der Waals surface area contributed by atoms with Crippen molar-refractivity contribution in [1.29, 1.82) is 0 Å². The van der Waals surface area contributed by atoms with Gasteiger partial charge in [0.1, 0.15) is 5.56 Å². The van der Waals surface area contributed by atoms with Crippen LogP contribution in [0, 0.1) is 21.8 Å². The fourth-order valence-electron chi connectivity index (χ4n) is 1.91. The maximum atomic E-state index is 13.6. The Morgan fingerprint density at radius 1 is 1.50 bits per heavy atom. The molecule has 0 fully saturated rings. The van der Waals surface area contributed by atoms with Crippen molar-refractivity contribution in [2.45, 2.75) is 13.8 Å². The van der Waals surface area contributed by atoms with E-state index in [1.807, 2.05) is 13.8 Å². The molecule has 20 heavy (non-hydrogen) atoms. The van der Waals surface area contributed by atoms with Gasteiger partial charge in [0.05, 0.1) is 16.7 Å². The van der Waals surface area contributed by atoms with Crippen LogP contribution in [0.5, 0.6) is 0 Å². The molecule has 0 saturated carbocycles. The molecule has 0 aliphatic heterocycles. The summed E-state index contributed by atoms with van der Waals surface area (Å²) in [6, 6.07) is 1.94. The maximum Gasteiger partial charge on any atom is 0.285 e. The second kappa shape index (κ2) is 6.31. The number of benzene rings is 1. The molecule has 0 unspecified atom stereocenters. The number of nitro groups is 1. The Hall–Kier alpha value is -2.18. The Kier molecular flexibility index (Phi) is 5.01. The summed E-state index contributed by atoms with van der Waals surface area (Å²) in [6.45, 7) is 4.33. The number of nitro benzene ring substituents is 1. The first-order chi connectivity index (χ1) is 9.27. The van der Waals surface area contributed by atoms with Crippen molar-refractivity contribution >= 4 is 17.3 Å². The monoisotopic (exact) mass is 283 g/mol. The fraction of sp³-hybridized carbons (Fsp3) is 0.462. The SMILES string of the molecule is CNc1cc(C(=O)N(C)CC(C)C)c([N+](=O)[O-])cc1F. The van der Waals surface area contributed by atoms with E-state index >= 15 is 0 Å². The molecule has 0 spiro atoms. The van der Waals surface area contributed by atoms with E-state index < -0.39 is 22.3 Å². The molecule has 1 N–H and O–H groups in total. The Morgan fingerprint density at radius 3 is 2.55 bits per heavy atom. The zero-order valence-corrected chi connectivity index (χ0v) is 11.9. The molecular weight excluding hydrogens is 265 g/mol. The average molecular weight is 283 g/mol. The fourth-order valence-corrected chi connectivity index (χ4v) is 1.91. The molecule has 110 valence electrons. The molecule has 0 saturated heterocycles. The number of hydrogen-bond acceptors (Lipinski definition) is 4. The van der Waals surface area contributed by atoms with Crippen molar-refractivity contribution in [3.63, 3.8) is 0 Å². The summed E-state index contributed by atoms with van der Waals surface area (Å²) < 4.78 is 13.6. The first-order valence-electron chi connectivity index (χ1n) is 6.19. The van der Waals surface area contributed by atoms with Gasteiger partial charge in [0.25, 0.3) is 11.6 Å². The van der Waals surface area contributed by atoms with Gasteiger partial charge in [-0.1, -0.05) is 13.8 Å². The summed E-state index contributed by atoms with van der Waals surface area (Å²) in [5, 5.41) is 13.5. The third-order valence-corrected chi connectivity index (χ3v) is 2.77. The van der Waals surface area contributed by atoms with E-state index in [-0.39, 0.29) is 17.2 Å². The molecule has 0 aliphatic rings. The van der Waals surface area contributed by atoms with Gasteiger partial charge in [-0.25, -0.2) is 4.39 Å². The molecule has 1 aromatic carbocycles. The predicted molar refractivity (Wildman–Crippen MR) is 74.4 cm³/mol. The first-order valence-corrected chi connectivity index (χ1v) is 6.19. The largest absolute Gasteiger partial charge is 0.386 e. The average Bonchev–Trinajstić information content (AvgIpc) is 2.36. The van der Waals surface area contributed by atoms with Crippen molar-refractivity contribution in [2.24, 2.45) is 5.92 Å². The van der Waals surface area contributed by atoms with E-state index in [0.29, 0.717) is 6.54 Å². The molecule has 0 aliphatic carbocycles. The minimum Gasteiger partial charge on any atom is -0.386 e. The number of carbonyl (C=O) groups is 1. The number of amides is 1. The summed E-state index contributed by atoms with van der Waals surface area (Å²) >= 11 is 0. The van der Waals surface area contributed by atoms with Gasteiger partial charge in [0, 0.05) is 20.6 Å². The predicted octanol–water partition coefficient (Wildman–Crippen LogP) is 2.50. The van der Waals surface area contributed by atoms with Crippen molar-refractivity contribution in [3.05, 3.63) is 33.6 Å². The quantitative estimate of drug-likeness (QED) is 0.665. The summed E-state index contributed by atoms with van der Waals surface area (Å²) in [6.07, 6.45) is 0. The van der Waals surface area contributed by atoms with Crippen LogP contribution in [-0.4, -0.2) is 36.4 Å². The van der Waals surface area contributed by atoms with Gasteiger partial charge in [-0.2, -0.15) is 0 Å². The van der Waals surface area contributed by atoms with Gasteiger partial charge >= 0.3 is 0 Å². The molecular formula is C13H18FN3O3. The Bertz CT molecular complexity index is 532. The summed E-state index contributed by atoms with van der Waals surface area (Å²) in [5.74, 6) is -1.03. The van der Waals surface area contributed by atoms with Gasteiger partial charge in [0.2, 0.25) is 0 Å². The van der Waals surface area contributed by atoms with Crippen LogP contribution in [0.15, 0.2) is 12.1 Å². The van der Waals surface area contributed by atoms with E-state index in [4.69, 9.17) is 0 Å². The topological polar surface area (TPSA) is 75.5 Å². The number of carbonyl (C=O) groups excluding carboxylic acids is 1. The van der Waals surface area contributed by atoms with Crippen LogP contribution in [-0.2, 0) is 0 Å². The van der Waals surface area contributed by atoms with Gasteiger partial charge in [-0.15, -0.1) is 0 Å². The molecule has 1 aromatic rings. The van der Waals surface area contributed by atoms with Crippen molar-refractivity contribution in [1.82, 2.24) is 4.90 Å². The Labute approximate surface area is 116 Å². The molecule has 1 amide bonds. The van der Waals surface area contributed by atoms with Gasteiger partial charge < -0.3 is 10.2 Å². The Morgan fingerprint density at radius 2 is 2.10 bits per heavy atom. The molecule has 0 radical (unpaired) electrons. The summed E-state index contributed by atoms with van der Waals surface area (Å²) in [7, 11) is 3.05. The van der Waals surface area contributed by atoms with Crippen LogP contribution < -0.4 is 5.32 Å². The molecule has 6 nitrogen and oxygen atoms in total. The normalized spacial score (nSPS) is 10.5.